The summed E-state index contributed by atoms with van der Waals surface area (Å²) in [6, 6.07) is 7.87. The fraction of sp³-hybridized carbons (Fsp3) is 0.647. The van der Waals surface area contributed by atoms with Gasteiger partial charge in [0, 0.05) is 6.07 Å². The lowest BCUT2D eigenvalue weighted by Gasteiger charge is -2.32. The van der Waals surface area contributed by atoms with Crippen LogP contribution in [0.15, 0.2) is 24.3 Å². The third kappa shape index (κ3) is 5.56. The van der Waals surface area contributed by atoms with Gasteiger partial charge in [-0.25, -0.2) is 0 Å². The Labute approximate surface area is 128 Å². The Hall–Kier alpha value is -1.26. The van der Waals surface area contributed by atoms with Crippen molar-refractivity contribution in [3.8, 4) is 11.5 Å². The number of benzene rings is 1. The summed E-state index contributed by atoms with van der Waals surface area (Å²) < 4.78 is 17.3. The number of nitrogens with one attached hydrogen (secondary N) is 1. The standard InChI is InChI=1S/C17H27NO3/c1-13(2)20-17-7-5-6-16(10-17)19-9-8-18-11-14(3)21-15(4)12-18/h5-7,10,13-15H,8-9,11-12H2,1-4H3/p+1/t14-,15+. The molecule has 21 heavy (non-hydrogen) atoms. The van der Waals surface area contributed by atoms with E-state index in [0.29, 0.717) is 12.2 Å². The second-order valence-electron chi connectivity index (χ2n) is 6.16. The molecular weight excluding hydrogens is 266 g/mol. The van der Waals surface area contributed by atoms with Gasteiger partial charge in [0.2, 0.25) is 0 Å². The minimum absolute atomic E-state index is 0.181. The molecule has 1 aliphatic heterocycles. The van der Waals surface area contributed by atoms with Gasteiger partial charge in [-0.1, -0.05) is 6.07 Å². The van der Waals surface area contributed by atoms with E-state index in [-0.39, 0.29) is 6.10 Å². The van der Waals surface area contributed by atoms with Crippen LogP contribution < -0.4 is 14.4 Å². The lowest BCUT2D eigenvalue weighted by atomic mass is 10.2. The SMILES string of the molecule is CC(C)Oc1cccc(OCC[NH+]2C[C@@H](C)O[C@@H](C)C2)c1. The average molecular weight is 294 g/mol. The Kier molecular flexibility index (Phi) is 5.88. The molecule has 0 saturated carbocycles. The van der Waals surface area contributed by atoms with Gasteiger partial charge in [-0.05, 0) is 39.8 Å². The molecular formula is C17H28NO3+. The number of hydrogen-bond donors (Lipinski definition) is 1. The quantitative estimate of drug-likeness (QED) is 0.864. The Balaban J connectivity index is 1.78. The molecule has 1 heterocycles. The second kappa shape index (κ2) is 7.66. The maximum Gasteiger partial charge on any atom is 0.137 e. The van der Waals surface area contributed by atoms with Crippen LogP contribution >= 0.6 is 0 Å². The molecule has 4 heteroatoms. The van der Waals surface area contributed by atoms with E-state index in [0.717, 1.165) is 37.7 Å². The first-order valence-corrected chi connectivity index (χ1v) is 7.91. The van der Waals surface area contributed by atoms with E-state index in [2.05, 4.69) is 13.8 Å². The van der Waals surface area contributed by atoms with E-state index in [1.54, 1.807) is 4.90 Å². The molecule has 2 rings (SSSR count). The van der Waals surface area contributed by atoms with Crippen molar-refractivity contribution in [3.05, 3.63) is 24.3 Å². The lowest BCUT2D eigenvalue weighted by molar-refractivity contribution is -0.915. The topological polar surface area (TPSA) is 32.1 Å². The molecule has 1 saturated heterocycles. The van der Waals surface area contributed by atoms with E-state index < -0.39 is 0 Å². The third-order valence-corrected chi connectivity index (χ3v) is 3.52. The predicted molar refractivity (Wildman–Crippen MR) is 83.3 cm³/mol. The second-order valence-corrected chi connectivity index (χ2v) is 6.16. The highest BCUT2D eigenvalue weighted by Crippen LogP contribution is 2.20. The number of quaternary nitrogens is 1. The molecule has 1 N–H and O–H groups in total. The van der Waals surface area contributed by atoms with Crippen LogP contribution in [0.3, 0.4) is 0 Å². The van der Waals surface area contributed by atoms with Crippen LogP contribution in [-0.4, -0.2) is 44.6 Å². The van der Waals surface area contributed by atoms with Gasteiger partial charge in [-0.2, -0.15) is 0 Å². The molecule has 0 radical (unpaired) electrons. The zero-order valence-corrected chi connectivity index (χ0v) is 13.6. The average Bonchev–Trinajstić information content (AvgIpc) is 2.37. The van der Waals surface area contributed by atoms with Gasteiger partial charge in [-0.3, -0.25) is 0 Å². The summed E-state index contributed by atoms with van der Waals surface area (Å²) in [6.07, 6.45) is 0.860. The Morgan fingerprint density at radius 1 is 1.19 bits per heavy atom. The first kappa shape index (κ1) is 16.1. The maximum atomic E-state index is 5.86. The van der Waals surface area contributed by atoms with E-state index in [4.69, 9.17) is 14.2 Å². The van der Waals surface area contributed by atoms with E-state index >= 15 is 0 Å². The summed E-state index contributed by atoms with van der Waals surface area (Å²) in [5.74, 6) is 1.74. The summed E-state index contributed by atoms with van der Waals surface area (Å²) in [5.41, 5.74) is 0. The predicted octanol–water partition coefficient (Wildman–Crippen LogP) is 1.54. The van der Waals surface area contributed by atoms with Crippen molar-refractivity contribution < 1.29 is 19.1 Å². The van der Waals surface area contributed by atoms with E-state index in [1.165, 1.54) is 0 Å². The molecule has 0 amide bonds. The maximum absolute atomic E-state index is 5.86. The van der Waals surface area contributed by atoms with Crippen molar-refractivity contribution in [2.75, 3.05) is 26.2 Å². The largest absolute Gasteiger partial charge is 0.491 e. The van der Waals surface area contributed by atoms with Crippen LogP contribution in [0.5, 0.6) is 11.5 Å². The highest BCUT2D eigenvalue weighted by atomic mass is 16.5. The van der Waals surface area contributed by atoms with Crippen LogP contribution in [0.2, 0.25) is 0 Å². The molecule has 118 valence electrons. The molecule has 0 aromatic heterocycles. The van der Waals surface area contributed by atoms with Crippen molar-refractivity contribution in [2.24, 2.45) is 0 Å². The van der Waals surface area contributed by atoms with Crippen LogP contribution in [0, 0.1) is 0 Å². The third-order valence-electron chi connectivity index (χ3n) is 3.52. The zero-order chi connectivity index (χ0) is 15.2. The molecule has 3 atom stereocenters. The Morgan fingerprint density at radius 2 is 1.86 bits per heavy atom. The fourth-order valence-corrected chi connectivity index (χ4v) is 2.82. The normalized spacial score (nSPS) is 25.9. The van der Waals surface area contributed by atoms with Gasteiger partial charge in [0.05, 0.1) is 6.10 Å². The van der Waals surface area contributed by atoms with Gasteiger partial charge in [0.25, 0.3) is 0 Å². The van der Waals surface area contributed by atoms with Gasteiger partial charge >= 0.3 is 0 Å². The van der Waals surface area contributed by atoms with Gasteiger partial charge in [0.15, 0.2) is 0 Å². The van der Waals surface area contributed by atoms with E-state index in [1.807, 2.05) is 38.1 Å². The molecule has 1 unspecified atom stereocenters. The van der Waals surface area contributed by atoms with Crippen LogP contribution in [0.25, 0.3) is 0 Å². The van der Waals surface area contributed by atoms with Gasteiger partial charge < -0.3 is 19.1 Å². The smallest absolute Gasteiger partial charge is 0.137 e. The number of ether oxygens (including phenoxy) is 3. The lowest BCUT2D eigenvalue weighted by Crippen LogP contribution is -3.16. The zero-order valence-electron chi connectivity index (χ0n) is 13.6. The molecule has 0 spiro atoms. The van der Waals surface area contributed by atoms with Gasteiger partial charge in [-0.15, -0.1) is 0 Å². The summed E-state index contributed by atoms with van der Waals surface area (Å²) >= 11 is 0. The molecule has 0 aliphatic carbocycles. The first-order valence-electron chi connectivity index (χ1n) is 7.91. The summed E-state index contributed by atoms with van der Waals surface area (Å²) in [4.78, 5) is 1.55. The monoisotopic (exact) mass is 294 g/mol. The highest BCUT2D eigenvalue weighted by Gasteiger charge is 2.25. The van der Waals surface area contributed by atoms with E-state index in [9.17, 15) is 0 Å². The molecule has 1 aromatic rings. The molecule has 0 bridgehead atoms. The highest BCUT2D eigenvalue weighted by molar-refractivity contribution is 5.33. The molecule has 1 aromatic carbocycles. The van der Waals surface area contributed by atoms with Crippen LogP contribution in [0.1, 0.15) is 27.7 Å². The minimum atomic E-state index is 0.181. The number of hydrogen-bond acceptors (Lipinski definition) is 3. The summed E-state index contributed by atoms with van der Waals surface area (Å²) in [6.45, 7) is 12.2. The van der Waals surface area contributed by atoms with Gasteiger partial charge in [0.1, 0.15) is 49.9 Å². The minimum Gasteiger partial charge on any atom is -0.491 e. The van der Waals surface area contributed by atoms with Crippen molar-refractivity contribution >= 4 is 0 Å². The Bertz CT molecular complexity index is 426. The molecule has 1 aliphatic rings. The van der Waals surface area contributed by atoms with Crippen molar-refractivity contribution in [1.82, 2.24) is 0 Å². The first-order chi connectivity index (χ1) is 10.0. The summed E-state index contributed by atoms with van der Waals surface area (Å²) in [5, 5.41) is 0. The molecule has 1 fully saturated rings. The molecule has 4 nitrogen and oxygen atoms in total. The van der Waals surface area contributed by atoms with Crippen molar-refractivity contribution in [2.45, 2.75) is 46.0 Å². The number of morpholine rings is 1. The fourth-order valence-electron chi connectivity index (χ4n) is 2.82. The Morgan fingerprint density at radius 3 is 2.52 bits per heavy atom. The van der Waals surface area contributed by atoms with Crippen LogP contribution in [-0.2, 0) is 4.74 Å². The summed E-state index contributed by atoms with van der Waals surface area (Å²) in [7, 11) is 0. The van der Waals surface area contributed by atoms with Crippen LogP contribution in [0.4, 0.5) is 0 Å². The number of rotatable bonds is 6. The van der Waals surface area contributed by atoms with Crippen molar-refractivity contribution in [1.29, 1.82) is 0 Å². The van der Waals surface area contributed by atoms with Crippen molar-refractivity contribution in [3.63, 3.8) is 0 Å².